The Labute approximate surface area is 114 Å². The minimum absolute atomic E-state index is 0.114. The molecule has 0 spiro atoms. The van der Waals surface area contributed by atoms with Gasteiger partial charge in [-0.2, -0.15) is 0 Å². The Kier molecular flexibility index (Phi) is 5.19. The molecule has 5 heteroatoms. The number of ether oxygens (including phenoxy) is 1. The molecule has 2 fully saturated rings. The van der Waals surface area contributed by atoms with Gasteiger partial charge in [-0.15, -0.1) is 0 Å². The molecule has 1 aliphatic carbocycles. The number of hydrogen-bond acceptors (Lipinski definition) is 4. The number of likely N-dealkylation sites (tertiary alicyclic amines) is 1. The van der Waals surface area contributed by atoms with Gasteiger partial charge in [0.15, 0.2) is 0 Å². The van der Waals surface area contributed by atoms with Gasteiger partial charge >= 0.3 is 12.1 Å². The number of hydrogen-bond donors (Lipinski definition) is 1. The lowest BCUT2D eigenvalue weighted by atomic mass is 9.90. The predicted octanol–water partition coefficient (Wildman–Crippen LogP) is 1.91. The summed E-state index contributed by atoms with van der Waals surface area (Å²) < 4.78 is 4.71. The van der Waals surface area contributed by atoms with Crippen molar-refractivity contribution in [2.75, 3.05) is 20.1 Å². The van der Waals surface area contributed by atoms with Crippen molar-refractivity contribution in [2.24, 2.45) is 5.92 Å². The van der Waals surface area contributed by atoms with Crippen molar-refractivity contribution in [1.82, 2.24) is 10.2 Å². The number of carbonyl (C=O) groups is 2. The van der Waals surface area contributed by atoms with E-state index in [2.05, 4.69) is 10.2 Å². The van der Waals surface area contributed by atoms with Crippen LogP contribution in [0.2, 0.25) is 0 Å². The first kappa shape index (κ1) is 14.3. The van der Waals surface area contributed by atoms with Gasteiger partial charge in [0.05, 0.1) is 5.92 Å². The van der Waals surface area contributed by atoms with Gasteiger partial charge in [-0.1, -0.05) is 19.3 Å². The smallest absolute Gasteiger partial charge is 0.376 e. The SMILES string of the molecule is CNC(=O)OC(=O)C1CCN(C2CCCCC2)CC1. The van der Waals surface area contributed by atoms with Crippen molar-refractivity contribution in [3.8, 4) is 0 Å². The Morgan fingerprint density at radius 1 is 1.05 bits per heavy atom. The van der Waals surface area contributed by atoms with Crippen LogP contribution in [0.4, 0.5) is 4.79 Å². The molecule has 19 heavy (non-hydrogen) atoms. The van der Waals surface area contributed by atoms with Gasteiger partial charge in [0.25, 0.3) is 0 Å². The van der Waals surface area contributed by atoms with Crippen LogP contribution in [0.3, 0.4) is 0 Å². The van der Waals surface area contributed by atoms with E-state index in [4.69, 9.17) is 4.74 Å². The van der Waals surface area contributed by atoms with E-state index in [-0.39, 0.29) is 11.9 Å². The number of alkyl carbamates (subject to hydrolysis) is 1. The van der Waals surface area contributed by atoms with Crippen LogP contribution in [0.5, 0.6) is 0 Å². The van der Waals surface area contributed by atoms with E-state index in [1.165, 1.54) is 39.2 Å². The van der Waals surface area contributed by atoms with Crippen LogP contribution in [0.25, 0.3) is 0 Å². The largest absolute Gasteiger partial charge is 0.414 e. The van der Waals surface area contributed by atoms with Gasteiger partial charge in [-0.3, -0.25) is 4.79 Å². The highest BCUT2D eigenvalue weighted by molar-refractivity contribution is 5.85. The van der Waals surface area contributed by atoms with Gasteiger partial charge in [0.2, 0.25) is 0 Å². The summed E-state index contributed by atoms with van der Waals surface area (Å²) in [6, 6.07) is 0.713. The maximum Gasteiger partial charge on any atom is 0.414 e. The Bertz CT molecular complexity index is 319. The maximum atomic E-state index is 11.7. The molecule has 108 valence electrons. The topological polar surface area (TPSA) is 58.6 Å². The van der Waals surface area contributed by atoms with Crippen LogP contribution in [0.1, 0.15) is 44.9 Å². The first-order valence-corrected chi connectivity index (χ1v) is 7.38. The molecule has 0 aromatic carbocycles. The second kappa shape index (κ2) is 6.89. The fraction of sp³-hybridized carbons (Fsp3) is 0.857. The molecule has 2 rings (SSSR count). The summed E-state index contributed by atoms with van der Waals surface area (Å²) in [6.45, 7) is 1.91. The van der Waals surface area contributed by atoms with Crippen LogP contribution >= 0.6 is 0 Å². The van der Waals surface area contributed by atoms with Crippen LogP contribution in [0, 0.1) is 5.92 Å². The second-order valence-corrected chi connectivity index (χ2v) is 5.56. The first-order chi connectivity index (χ1) is 9.20. The number of esters is 1. The number of nitrogens with one attached hydrogen (secondary N) is 1. The number of rotatable bonds is 2. The molecule has 1 saturated carbocycles. The van der Waals surface area contributed by atoms with Crippen LogP contribution in [-0.4, -0.2) is 43.1 Å². The molecule has 5 nitrogen and oxygen atoms in total. The molecule has 1 N–H and O–H groups in total. The van der Waals surface area contributed by atoms with E-state index >= 15 is 0 Å². The van der Waals surface area contributed by atoms with Gasteiger partial charge < -0.3 is 15.0 Å². The van der Waals surface area contributed by atoms with Gasteiger partial charge in [0.1, 0.15) is 0 Å². The van der Waals surface area contributed by atoms with Gasteiger partial charge in [-0.25, -0.2) is 4.79 Å². The Balaban J connectivity index is 1.75. The van der Waals surface area contributed by atoms with E-state index in [0.717, 1.165) is 25.9 Å². The number of piperidine rings is 1. The zero-order valence-corrected chi connectivity index (χ0v) is 11.7. The van der Waals surface area contributed by atoms with Crippen molar-refractivity contribution < 1.29 is 14.3 Å². The third kappa shape index (κ3) is 3.93. The molecule has 1 saturated heterocycles. The quantitative estimate of drug-likeness (QED) is 0.614. The number of carbonyl (C=O) groups excluding carboxylic acids is 2. The summed E-state index contributed by atoms with van der Waals surface area (Å²) in [7, 11) is 1.46. The summed E-state index contributed by atoms with van der Waals surface area (Å²) >= 11 is 0. The van der Waals surface area contributed by atoms with Gasteiger partial charge in [0, 0.05) is 13.1 Å². The molecule has 0 aromatic rings. The molecule has 0 unspecified atom stereocenters. The summed E-state index contributed by atoms with van der Waals surface area (Å²) in [5.41, 5.74) is 0. The molecule has 1 heterocycles. The molecular formula is C14H24N2O3. The molecule has 1 amide bonds. The van der Waals surface area contributed by atoms with Crippen LogP contribution in [0.15, 0.2) is 0 Å². The Morgan fingerprint density at radius 3 is 2.26 bits per heavy atom. The minimum Gasteiger partial charge on any atom is -0.376 e. The second-order valence-electron chi connectivity index (χ2n) is 5.56. The highest BCUT2D eigenvalue weighted by atomic mass is 16.6. The zero-order chi connectivity index (χ0) is 13.7. The van der Waals surface area contributed by atoms with Crippen LogP contribution < -0.4 is 5.32 Å². The maximum absolute atomic E-state index is 11.7. The van der Waals surface area contributed by atoms with E-state index in [1.54, 1.807) is 0 Å². The standard InChI is InChI=1S/C14H24N2O3/c1-15-14(18)19-13(17)11-7-9-16(10-8-11)12-5-3-2-4-6-12/h11-12H,2-10H2,1H3,(H,15,18). The molecule has 0 radical (unpaired) electrons. The summed E-state index contributed by atoms with van der Waals surface area (Å²) in [5, 5.41) is 2.30. The lowest BCUT2D eigenvalue weighted by Gasteiger charge is -2.38. The molecular weight excluding hydrogens is 244 g/mol. The fourth-order valence-electron chi connectivity index (χ4n) is 3.17. The lowest BCUT2D eigenvalue weighted by Crippen LogP contribution is -2.44. The highest BCUT2D eigenvalue weighted by Crippen LogP contribution is 2.27. The van der Waals surface area contributed by atoms with Crippen LogP contribution in [-0.2, 0) is 9.53 Å². The Hall–Kier alpha value is -1.10. The molecule has 2 aliphatic rings. The van der Waals surface area contributed by atoms with Crippen molar-refractivity contribution in [3.05, 3.63) is 0 Å². The van der Waals surface area contributed by atoms with Gasteiger partial charge in [-0.05, 0) is 38.8 Å². The van der Waals surface area contributed by atoms with E-state index in [0.29, 0.717) is 6.04 Å². The van der Waals surface area contributed by atoms with E-state index in [1.807, 2.05) is 0 Å². The summed E-state index contributed by atoms with van der Waals surface area (Å²) in [4.78, 5) is 25.3. The number of nitrogens with zero attached hydrogens (tertiary/aromatic N) is 1. The summed E-state index contributed by atoms with van der Waals surface area (Å²) in [5.74, 6) is -0.486. The third-order valence-corrected chi connectivity index (χ3v) is 4.35. The van der Waals surface area contributed by atoms with E-state index < -0.39 is 6.09 Å². The normalized spacial score (nSPS) is 23.0. The molecule has 0 bridgehead atoms. The van der Waals surface area contributed by atoms with Crippen molar-refractivity contribution in [3.63, 3.8) is 0 Å². The monoisotopic (exact) mass is 268 g/mol. The summed E-state index contributed by atoms with van der Waals surface area (Å²) in [6.07, 6.45) is 7.61. The van der Waals surface area contributed by atoms with Crippen molar-refractivity contribution in [1.29, 1.82) is 0 Å². The van der Waals surface area contributed by atoms with Crippen molar-refractivity contribution in [2.45, 2.75) is 51.0 Å². The first-order valence-electron chi connectivity index (χ1n) is 7.38. The average molecular weight is 268 g/mol. The number of amides is 1. The zero-order valence-electron chi connectivity index (χ0n) is 11.7. The molecule has 1 aliphatic heterocycles. The lowest BCUT2D eigenvalue weighted by molar-refractivity contribution is -0.143. The Morgan fingerprint density at radius 2 is 1.68 bits per heavy atom. The highest BCUT2D eigenvalue weighted by Gasteiger charge is 2.30. The predicted molar refractivity (Wildman–Crippen MR) is 71.7 cm³/mol. The molecule has 0 atom stereocenters. The molecule has 0 aromatic heterocycles. The fourth-order valence-corrected chi connectivity index (χ4v) is 3.17. The average Bonchev–Trinajstić information content (AvgIpc) is 2.48. The third-order valence-electron chi connectivity index (χ3n) is 4.35. The van der Waals surface area contributed by atoms with E-state index in [9.17, 15) is 9.59 Å². The minimum atomic E-state index is -0.653. The van der Waals surface area contributed by atoms with Crippen molar-refractivity contribution >= 4 is 12.1 Å².